The van der Waals surface area contributed by atoms with Gasteiger partial charge in [-0.15, -0.1) is 0 Å². The zero-order valence-electron chi connectivity index (χ0n) is 15.4. The van der Waals surface area contributed by atoms with Crippen LogP contribution < -0.4 is 4.31 Å². The molecular weight excluding hydrogens is 366 g/mol. The highest BCUT2D eigenvalue weighted by Gasteiger charge is 2.33. The molecule has 1 unspecified atom stereocenters. The monoisotopic (exact) mass is 389 g/mol. The number of amides is 1. The minimum Gasteiger partial charge on any atom is -0.338 e. The Kier molecular flexibility index (Phi) is 4.41. The molecule has 1 aromatic heterocycles. The molecule has 0 spiro atoms. The number of benzene rings is 1. The van der Waals surface area contributed by atoms with E-state index in [1.165, 1.54) is 16.9 Å². The van der Waals surface area contributed by atoms with Gasteiger partial charge in [0.15, 0.2) is 0 Å². The molecule has 8 nitrogen and oxygen atoms in total. The Bertz CT molecular complexity index is 949. The molecule has 1 fully saturated rings. The number of rotatable bonds is 3. The van der Waals surface area contributed by atoms with Crippen LogP contribution in [0, 0.1) is 0 Å². The fourth-order valence-electron chi connectivity index (χ4n) is 4.16. The first kappa shape index (κ1) is 18.0. The summed E-state index contributed by atoms with van der Waals surface area (Å²) in [5, 5.41) is 4.19. The lowest BCUT2D eigenvalue weighted by Crippen LogP contribution is -2.39. The lowest BCUT2D eigenvalue weighted by molar-refractivity contribution is 0.0689. The van der Waals surface area contributed by atoms with E-state index < -0.39 is 10.0 Å². The number of piperidine rings is 1. The predicted molar refractivity (Wildman–Crippen MR) is 101 cm³/mol. The van der Waals surface area contributed by atoms with E-state index in [9.17, 15) is 13.2 Å². The molecule has 1 saturated heterocycles. The van der Waals surface area contributed by atoms with Gasteiger partial charge in [-0.1, -0.05) is 0 Å². The van der Waals surface area contributed by atoms with Crippen molar-refractivity contribution in [1.82, 2.24) is 19.7 Å². The van der Waals surface area contributed by atoms with Crippen LogP contribution in [-0.2, 0) is 16.4 Å². The zero-order chi connectivity index (χ0) is 19.2. The third-order valence-electron chi connectivity index (χ3n) is 5.40. The molecular formula is C18H23N5O3S. The van der Waals surface area contributed by atoms with Gasteiger partial charge in [0, 0.05) is 24.7 Å². The predicted octanol–water partition coefficient (Wildman–Crippen LogP) is 1.47. The maximum Gasteiger partial charge on any atom is 0.253 e. The van der Waals surface area contributed by atoms with Crippen LogP contribution in [0.2, 0.25) is 0 Å². The van der Waals surface area contributed by atoms with E-state index in [4.69, 9.17) is 0 Å². The van der Waals surface area contributed by atoms with Crippen molar-refractivity contribution >= 4 is 21.6 Å². The van der Waals surface area contributed by atoms with Crippen molar-refractivity contribution in [3.63, 3.8) is 0 Å². The van der Waals surface area contributed by atoms with E-state index in [0.29, 0.717) is 30.8 Å². The summed E-state index contributed by atoms with van der Waals surface area (Å²) in [4.78, 5) is 18.8. The number of hydrogen-bond acceptors (Lipinski definition) is 5. The van der Waals surface area contributed by atoms with Gasteiger partial charge in [0.1, 0.15) is 12.7 Å². The zero-order valence-corrected chi connectivity index (χ0v) is 16.3. The number of carbonyl (C=O) groups is 1. The Balaban J connectivity index is 1.49. The van der Waals surface area contributed by atoms with Crippen LogP contribution in [-0.4, -0.2) is 59.4 Å². The maximum atomic E-state index is 12.9. The minimum absolute atomic E-state index is 0.000277. The number of fused-ring (bicyclic) bond motifs is 1. The molecule has 1 aromatic carbocycles. The highest BCUT2D eigenvalue weighted by Crippen LogP contribution is 2.35. The second-order valence-electron chi connectivity index (χ2n) is 7.35. The van der Waals surface area contributed by atoms with E-state index in [2.05, 4.69) is 10.1 Å². The van der Waals surface area contributed by atoms with Gasteiger partial charge < -0.3 is 4.90 Å². The van der Waals surface area contributed by atoms with Crippen LogP contribution in [0.3, 0.4) is 0 Å². The lowest BCUT2D eigenvalue weighted by atomic mass is 10.0. The molecule has 0 aliphatic carbocycles. The highest BCUT2D eigenvalue weighted by molar-refractivity contribution is 7.92. The highest BCUT2D eigenvalue weighted by atomic mass is 32.2. The Hall–Kier alpha value is -2.42. The summed E-state index contributed by atoms with van der Waals surface area (Å²) >= 11 is 0. The number of nitrogens with zero attached hydrogens (tertiary/aromatic N) is 5. The molecule has 1 amide bonds. The average molecular weight is 389 g/mol. The van der Waals surface area contributed by atoms with Crippen molar-refractivity contribution in [1.29, 1.82) is 0 Å². The smallest absolute Gasteiger partial charge is 0.253 e. The van der Waals surface area contributed by atoms with Crippen molar-refractivity contribution in [3.8, 4) is 0 Å². The Morgan fingerprint density at radius 3 is 2.59 bits per heavy atom. The third kappa shape index (κ3) is 3.31. The first-order valence-electron chi connectivity index (χ1n) is 9.10. The molecule has 144 valence electrons. The molecule has 1 atom stereocenters. The van der Waals surface area contributed by atoms with Crippen molar-refractivity contribution in [2.45, 2.75) is 38.3 Å². The fraction of sp³-hybridized carbons (Fsp3) is 0.500. The van der Waals surface area contributed by atoms with Crippen molar-refractivity contribution in [2.75, 3.05) is 23.7 Å². The molecule has 0 radical (unpaired) electrons. The molecule has 0 saturated carbocycles. The quantitative estimate of drug-likeness (QED) is 0.793. The van der Waals surface area contributed by atoms with Crippen LogP contribution in [0.15, 0.2) is 30.9 Å². The van der Waals surface area contributed by atoms with Gasteiger partial charge in [-0.3, -0.25) is 9.10 Å². The summed E-state index contributed by atoms with van der Waals surface area (Å²) in [6.07, 6.45) is 6.78. The molecule has 9 heteroatoms. The van der Waals surface area contributed by atoms with E-state index in [1.54, 1.807) is 18.5 Å². The standard InChI is InChI=1S/C18H23N5O3S/c1-13-9-15-10-14(3-4-17(15)23(13)27(2,25)26)18(24)21-7-5-16(6-8-21)22-12-19-11-20-22/h3-4,10-13,16H,5-9H2,1-2H3. The molecule has 2 aromatic rings. The van der Waals surface area contributed by atoms with Gasteiger partial charge in [-0.25, -0.2) is 18.1 Å². The van der Waals surface area contributed by atoms with Gasteiger partial charge in [0.05, 0.1) is 18.0 Å². The largest absolute Gasteiger partial charge is 0.338 e. The van der Waals surface area contributed by atoms with Gasteiger partial charge in [-0.05, 0) is 49.9 Å². The van der Waals surface area contributed by atoms with E-state index in [0.717, 1.165) is 18.4 Å². The summed E-state index contributed by atoms with van der Waals surface area (Å²) < 4.78 is 27.4. The number of sulfonamides is 1. The third-order valence-corrected chi connectivity index (χ3v) is 6.67. The lowest BCUT2D eigenvalue weighted by Gasteiger charge is -2.32. The van der Waals surface area contributed by atoms with Crippen LogP contribution >= 0.6 is 0 Å². The van der Waals surface area contributed by atoms with Gasteiger partial charge in [0.2, 0.25) is 10.0 Å². The topological polar surface area (TPSA) is 88.4 Å². The molecule has 0 bridgehead atoms. The van der Waals surface area contributed by atoms with Crippen LogP contribution in [0.4, 0.5) is 5.69 Å². The second-order valence-corrected chi connectivity index (χ2v) is 9.21. The summed E-state index contributed by atoms with van der Waals surface area (Å²) in [6, 6.07) is 5.50. The SMILES string of the molecule is CC1Cc2cc(C(=O)N3CCC(n4cncn4)CC3)ccc2N1S(C)(=O)=O. The molecule has 3 heterocycles. The number of hydrogen-bond donors (Lipinski definition) is 0. The fourth-order valence-corrected chi connectivity index (χ4v) is 5.43. The minimum atomic E-state index is -3.32. The molecule has 27 heavy (non-hydrogen) atoms. The van der Waals surface area contributed by atoms with E-state index in [-0.39, 0.29) is 18.0 Å². The summed E-state index contributed by atoms with van der Waals surface area (Å²) in [5.41, 5.74) is 2.22. The van der Waals surface area contributed by atoms with E-state index >= 15 is 0 Å². The second kappa shape index (κ2) is 6.63. The molecule has 0 N–H and O–H groups in total. The summed E-state index contributed by atoms with van der Waals surface area (Å²) in [5.74, 6) is 0.000277. The molecule has 4 rings (SSSR count). The first-order valence-corrected chi connectivity index (χ1v) is 10.9. The first-order chi connectivity index (χ1) is 12.8. The summed E-state index contributed by atoms with van der Waals surface area (Å²) in [6.45, 7) is 3.23. The number of aromatic nitrogens is 3. The van der Waals surface area contributed by atoms with Gasteiger partial charge in [-0.2, -0.15) is 5.10 Å². The number of anilines is 1. The average Bonchev–Trinajstić information content (AvgIpc) is 3.27. The normalized spacial score (nSPS) is 20.7. The van der Waals surface area contributed by atoms with Gasteiger partial charge >= 0.3 is 0 Å². The Labute approximate surface area is 158 Å². The van der Waals surface area contributed by atoms with Gasteiger partial charge in [0.25, 0.3) is 5.91 Å². The maximum absolute atomic E-state index is 12.9. The number of likely N-dealkylation sites (tertiary alicyclic amines) is 1. The van der Waals surface area contributed by atoms with Crippen LogP contribution in [0.25, 0.3) is 0 Å². The Morgan fingerprint density at radius 2 is 1.96 bits per heavy atom. The molecule has 2 aliphatic rings. The van der Waals surface area contributed by atoms with Crippen LogP contribution in [0.5, 0.6) is 0 Å². The Morgan fingerprint density at radius 1 is 1.22 bits per heavy atom. The molecule has 2 aliphatic heterocycles. The van der Waals surface area contributed by atoms with Crippen molar-refractivity contribution < 1.29 is 13.2 Å². The van der Waals surface area contributed by atoms with E-state index in [1.807, 2.05) is 22.6 Å². The summed E-state index contributed by atoms with van der Waals surface area (Å²) in [7, 11) is -3.32. The van der Waals surface area contributed by atoms with Crippen molar-refractivity contribution in [2.24, 2.45) is 0 Å². The van der Waals surface area contributed by atoms with Crippen molar-refractivity contribution in [3.05, 3.63) is 42.0 Å². The number of carbonyl (C=O) groups excluding carboxylic acids is 1. The van der Waals surface area contributed by atoms with Crippen LogP contribution in [0.1, 0.15) is 41.7 Å².